The Bertz CT molecular complexity index is 405. The smallest absolute Gasteiger partial charge is 0.249 e. The van der Waals surface area contributed by atoms with Gasteiger partial charge >= 0.3 is 0 Å². The number of amides is 2. The average Bonchev–Trinajstić information content (AvgIpc) is 2.83. The van der Waals surface area contributed by atoms with Gasteiger partial charge in [-0.2, -0.15) is 0 Å². The highest BCUT2D eigenvalue weighted by Gasteiger charge is 2.33. The van der Waals surface area contributed by atoms with E-state index >= 15 is 0 Å². The second-order valence-electron chi connectivity index (χ2n) is 3.75. The SMILES string of the molecule is CNC(=O)C1COCC(=O)N1Cc1cccs1. The number of morpholine rings is 1. The van der Waals surface area contributed by atoms with Crippen molar-refractivity contribution in [1.82, 2.24) is 10.2 Å². The van der Waals surface area contributed by atoms with Crippen LogP contribution in [0.15, 0.2) is 17.5 Å². The van der Waals surface area contributed by atoms with Gasteiger partial charge in [0.05, 0.1) is 13.2 Å². The van der Waals surface area contributed by atoms with Gasteiger partial charge in [0.1, 0.15) is 12.6 Å². The third kappa shape index (κ3) is 2.65. The fraction of sp³-hybridized carbons (Fsp3) is 0.455. The van der Waals surface area contributed by atoms with Crippen molar-refractivity contribution in [3.63, 3.8) is 0 Å². The highest BCUT2D eigenvalue weighted by molar-refractivity contribution is 7.09. The van der Waals surface area contributed by atoms with Crippen LogP contribution in [0.25, 0.3) is 0 Å². The number of likely N-dealkylation sites (N-methyl/N-ethyl adjacent to an activating group) is 1. The molecule has 1 fully saturated rings. The van der Waals surface area contributed by atoms with Crippen molar-refractivity contribution in [3.05, 3.63) is 22.4 Å². The number of nitrogens with zero attached hydrogens (tertiary/aromatic N) is 1. The lowest BCUT2D eigenvalue weighted by molar-refractivity contribution is -0.155. The molecule has 0 radical (unpaired) electrons. The van der Waals surface area contributed by atoms with Gasteiger partial charge in [-0.15, -0.1) is 11.3 Å². The lowest BCUT2D eigenvalue weighted by atomic mass is 10.2. The molecule has 0 spiro atoms. The zero-order valence-electron chi connectivity index (χ0n) is 9.51. The molecule has 17 heavy (non-hydrogen) atoms. The summed E-state index contributed by atoms with van der Waals surface area (Å²) in [5, 5.41) is 4.51. The van der Waals surface area contributed by atoms with E-state index in [2.05, 4.69) is 5.32 Å². The Hall–Kier alpha value is -1.40. The number of hydrogen-bond donors (Lipinski definition) is 1. The summed E-state index contributed by atoms with van der Waals surface area (Å²) >= 11 is 1.57. The summed E-state index contributed by atoms with van der Waals surface area (Å²) in [6.07, 6.45) is 0. The molecule has 1 aromatic heterocycles. The van der Waals surface area contributed by atoms with Crippen molar-refractivity contribution in [2.24, 2.45) is 0 Å². The molecule has 2 amide bonds. The summed E-state index contributed by atoms with van der Waals surface area (Å²) in [5.74, 6) is -0.326. The van der Waals surface area contributed by atoms with Gasteiger partial charge in [-0.05, 0) is 11.4 Å². The first-order valence-corrected chi connectivity index (χ1v) is 6.21. The van der Waals surface area contributed by atoms with Gasteiger partial charge in [-0.3, -0.25) is 9.59 Å². The second kappa shape index (κ2) is 5.29. The van der Waals surface area contributed by atoms with Gasteiger partial charge in [0.15, 0.2) is 0 Å². The van der Waals surface area contributed by atoms with E-state index in [0.29, 0.717) is 6.54 Å². The quantitative estimate of drug-likeness (QED) is 0.839. The summed E-state index contributed by atoms with van der Waals surface area (Å²) in [6, 6.07) is 3.36. The molecule has 1 saturated heterocycles. The molecule has 2 rings (SSSR count). The van der Waals surface area contributed by atoms with Crippen LogP contribution in [0.4, 0.5) is 0 Å². The first-order valence-electron chi connectivity index (χ1n) is 5.33. The van der Waals surface area contributed by atoms with Crippen LogP contribution in [-0.4, -0.2) is 43.0 Å². The molecule has 1 aliphatic heterocycles. The number of hydrogen-bond acceptors (Lipinski definition) is 4. The third-order valence-electron chi connectivity index (χ3n) is 2.65. The van der Waals surface area contributed by atoms with Gasteiger partial charge < -0.3 is 15.0 Å². The van der Waals surface area contributed by atoms with Crippen molar-refractivity contribution < 1.29 is 14.3 Å². The van der Waals surface area contributed by atoms with Crippen molar-refractivity contribution in [3.8, 4) is 0 Å². The van der Waals surface area contributed by atoms with Crippen molar-refractivity contribution in [2.75, 3.05) is 20.3 Å². The van der Waals surface area contributed by atoms with Crippen LogP contribution in [0.3, 0.4) is 0 Å². The summed E-state index contributed by atoms with van der Waals surface area (Å²) < 4.78 is 5.12. The van der Waals surface area contributed by atoms with E-state index < -0.39 is 6.04 Å². The fourth-order valence-corrected chi connectivity index (χ4v) is 2.46. The molecular formula is C11H14N2O3S. The van der Waals surface area contributed by atoms with Crippen molar-refractivity contribution in [2.45, 2.75) is 12.6 Å². The standard InChI is InChI=1S/C11H14N2O3S/c1-12-11(15)9-6-16-7-10(14)13(9)5-8-3-2-4-17-8/h2-4,9H,5-7H2,1H3,(H,12,15). The number of nitrogens with one attached hydrogen (secondary N) is 1. The molecule has 0 bridgehead atoms. The zero-order valence-corrected chi connectivity index (χ0v) is 10.3. The minimum absolute atomic E-state index is 0.0544. The predicted molar refractivity (Wildman–Crippen MR) is 63.5 cm³/mol. The Kier molecular flexibility index (Phi) is 3.75. The number of thiophene rings is 1. The van der Waals surface area contributed by atoms with Crippen molar-refractivity contribution >= 4 is 23.2 Å². The van der Waals surface area contributed by atoms with Crippen LogP contribution in [-0.2, 0) is 20.9 Å². The molecule has 2 heterocycles. The Balaban J connectivity index is 2.13. The molecule has 0 aromatic carbocycles. The van der Waals surface area contributed by atoms with Crippen LogP contribution in [0.5, 0.6) is 0 Å². The molecule has 1 aliphatic rings. The van der Waals surface area contributed by atoms with E-state index in [1.807, 2.05) is 17.5 Å². The summed E-state index contributed by atoms with van der Waals surface area (Å²) in [6.45, 7) is 0.785. The number of rotatable bonds is 3. The monoisotopic (exact) mass is 254 g/mol. The van der Waals surface area contributed by atoms with Gasteiger partial charge in [0.25, 0.3) is 0 Å². The molecule has 5 nitrogen and oxygen atoms in total. The maximum Gasteiger partial charge on any atom is 0.249 e. The topological polar surface area (TPSA) is 58.6 Å². The van der Waals surface area contributed by atoms with Gasteiger partial charge in [-0.1, -0.05) is 6.07 Å². The third-order valence-corrected chi connectivity index (χ3v) is 3.51. The van der Waals surface area contributed by atoms with Crippen LogP contribution in [0, 0.1) is 0 Å². The van der Waals surface area contributed by atoms with E-state index in [-0.39, 0.29) is 25.0 Å². The Morgan fingerprint density at radius 3 is 3.18 bits per heavy atom. The lowest BCUT2D eigenvalue weighted by Crippen LogP contribution is -2.55. The molecular weight excluding hydrogens is 240 g/mol. The van der Waals surface area contributed by atoms with Crippen LogP contribution in [0.2, 0.25) is 0 Å². The maximum atomic E-state index is 11.8. The van der Waals surface area contributed by atoms with Gasteiger partial charge in [0, 0.05) is 11.9 Å². The minimum Gasteiger partial charge on any atom is -0.369 e. The van der Waals surface area contributed by atoms with E-state index in [4.69, 9.17) is 4.74 Å². The first-order chi connectivity index (χ1) is 8.22. The van der Waals surface area contributed by atoms with E-state index in [1.165, 1.54) is 0 Å². The lowest BCUT2D eigenvalue weighted by Gasteiger charge is -2.33. The van der Waals surface area contributed by atoms with Gasteiger partial charge in [-0.25, -0.2) is 0 Å². The van der Waals surface area contributed by atoms with Gasteiger partial charge in [0.2, 0.25) is 11.8 Å². The second-order valence-corrected chi connectivity index (χ2v) is 4.78. The fourth-order valence-electron chi connectivity index (χ4n) is 1.76. The molecule has 1 aromatic rings. The highest BCUT2D eigenvalue weighted by Crippen LogP contribution is 2.17. The average molecular weight is 254 g/mol. The maximum absolute atomic E-state index is 11.8. The first kappa shape index (κ1) is 12.1. The molecule has 0 aliphatic carbocycles. The van der Waals surface area contributed by atoms with E-state index in [9.17, 15) is 9.59 Å². The number of carbonyl (C=O) groups is 2. The highest BCUT2D eigenvalue weighted by atomic mass is 32.1. The van der Waals surface area contributed by atoms with E-state index in [0.717, 1.165) is 4.88 Å². The summed E-state index contributed by atoms with van der Waals surface area (Å²) in [7, 11) is 1.56. The molecule has 1 unspecified atom stereocenters. The number of ether oxygens (including phenoxy) is 1. The summed E-state index contributed by atoms with van der Waals surface area (Å²) in [5.41, 5.74) is 0. The summed E-state index contributed by atoms with van der Waals surface area (Å²) in [4.78, 5) is 26.1. The zero-order chi connectivity index (χ0) is 12.3. The minimum atomic E-state index is -0.525. The molecule has 6 heteroatoms. The predicted octanol–water partition coefficient (Wildman–Crippen LogP) is 0.221. The number of carbonyl (C=O) groups excluding carboxylic acids is 2. The van der Waals surface area contributed by atoms with Crippen LogP contribution in [0.1, 0.15) is 4.88 Å². The van der Waals surface area contributed by atoms with E-state index in [1.54, 1.807) is 23.3 Å². The molecule has 92 valence electrons. The normalized spacial score (nSPS) is 20.4. The Morgan fingerprint density at radius 1 is 1.71 bits per heavy atom. The Labute approximate surface area is 103 Å². The molecule has 0 saturated carbocycles. The molecule has 1 atom stereocenters. The molecule has 1 N–H and O–H groups in total. The Morgan fingerprint density at radius 2 is 2.53 bits per heavy atom. The van der Waals surface area contributed by atoms with Crippen LogP contribution < -0.4 is 5.32 Å². The largest absolute Gasteiger partial charge is 0.369 e. The van der Waals surface area contributed by atoms with Crippen LogP contribution >= 0.6 is 11.3 Å². The van der Waals surface area contributed by atoms with Crippen molar-refractivity contribution in [1.29, 1.82) is 0 Å².